The van der Waals surface area contributed by atoms with E-state index >= 15 is 0 Å². The molecule has 11 heteroatoms. The van der Waals surface area contributed by atoms with Crippen LogP contribution in [-0.2, 0) is 19.9 Å². The molecule has 2 aromatic heterocycles. The van der Waals surface area contributed by atoms with E-state index in [9.17, 15) is 14.7 Å². The zero-order chi connectivity index (χ0) is 22.9. The van der Waals surface area contributed by atoms with Gasteiger partial charge in [0, 0.05) is 29.6 Å². The van der Waals surface area contributed by atoms with Crippen LogP contribution in [0, 0.1) is 11.8 Å². The number of nitrogens with one attached hydrogen (secondary N) is 1. The molecule has 4 fully saturated rings. The minimum absolute atomic E-state index is 0. The molecule has 2 N–H and O–H groups in total. The minimum atomic E-state index is -1.59. The van der Waals surface area contributed by atoms with Crippen LogP contribution in [0.3, 0.4) is 0 Å². The Morgan fingerprint density at radius 3 is 2.53 bits per heavy atom. The zero-order valence-corrected chi connectivity index (χ0v) is 21.3. The fraction of sp³-hybridized carbons (Fsp3) is 0.609. The van der Waals surface area contributed by atoms with Crippen LogP contribution in [0.1, 0.15) is 43.4 Å². The van der Waals surface area contributed by atoms with E-state index in [0.29, 0.717) is 15.9 Å². The molecule has 5 heterocycles. The third-order valence-electron chi connectivity index (χ3n) is 7.68. The Balaban J connectivity index is 0.00000274. The number of carbonyl (C=O) groups excluding carboxylic acids is 2. The number of halogens is 1. The highest BCUT2D eigenvalue weighted by Gasteiger charge is 2.53. The van der Waals surface area contributed by atoms with E-state index in [0.717, 1.165) is 51.6 Å². The van der Waals surface area contributed by atoms with E-state index in [-0.39, 0.29) is 53.3 Å². The molecule has 2 atom stereocenters. The number of hydrogen-bond acceptors (Lipinski definition) is 8. The topological polar surface area (TPSA) is 114 Å². The monoisotopic (exact) mass is 551 g/mol. The van der Waals surface area contributed by atoms with Crippen LogP contribution in [0.4, 0.5) is 5.95 Å². The van der Waals surface area contributed by atoms with Crippen LogP contribution in [0.2, 0.25) is 0 Å². The standard InChI is InChI=1S/C23H29N5O4S.BrH/c29-20(27-22-25-14-24-15-26-22)13-28-9-7-16(8-10-28)18(12-28)32-21(30)23(31,17-4-1-2-5-17)19-6-3-11-33-19;/h3,6,11,14-18,31H,1-2,4-5,7-10,12-13H2;1H/t16?,18-,23?,28?;/m0./s1. The van der Waals surface area contributed by atoms with Crippen LogP contribution in [0.25, 0.3) is 0 Å². The number of aromatic nitrogens is 3. The molecule has 9 nitrogen and oxygen atoms in total. The lowest BCUT2D eigenvalue weighted by Gasteiger charge is -2.51. The highest BCUT2D eigenvalue weighted by Crippen LogP contribution is 2.44. The van der Waals surface area contributed by atoms with Gasteiger partial charge in [-0.3, -0.25) is 10.1 Å². The lowest BCUT2D eigenvalue weighted by molar-refractivity contribution is -0.939. The number of thiophene rings is 1. The summed E-state index contributed by atoms with van der Waals surface area (Å²) in [4.78, 5) is 38.5. The number of fused-ring (bicyclic) bond motifs is 3. The number of aliphatic hydroxyl groups is 1. The average Bonchev–Trinajstić information content (AvgIpc) is 3.54. The van der Waals surface area contributed by atoms with Crippen molar-refractivity contribution in [3.05, 3.63) is 35.0 Å². The summed E-state index contributed by atoms with van der Waals surface area (Å²) in [5.74, 6) is -0.285. The molecule has 6 rings (SSSR count). The van der Waals surface area contributed by atoms with E-state index in [1.165, 1.54) is 24.0 Å². The van der Waals surface area contributed by atoms with E-state index in [1.54, 1.807) is 0 Å². The smallest absolute Gasteiger partial charge is 0.344 e. The Bertz CT molecular complexity index is 981. The maximum Gasteiger partial charge on any atom is 0.344 e. The van der Waals surface area contributed by atoms with Crippen molar-refractivity contribution in [2.75, 3.05) is 31.5 Å². The summed E-state index contributed by atoms with van der Waals surface area (Å²) in [6.07, 6.45) is 7.89. The predicted molar refractivity (Wildman–Crippen MR) is 121 cm³/mol. The van der Waals surface area contributed by atoms with Crippen LogP contribution < -0.4 is 22.3 Å². The molecule has 1 amide bonds. The van der Waals surface area contributed by atoms with Crippen LogP contribution >= 0.6 is 11.3 Å². The first-order valence-electron chi connectivity index (χ1n) is 11.7. The normalized spacial score (nSPS) is 28.0. The SMILES string of the molecule is O=C(C[N+]12CCC(CC1)[C@@H](OC(=O)C(O)(c1cccs1)C1CCCC1)C2)Nc1ncncn1.[Br-]. The van der Waals surface area contributed by atoms with Gasteiger partial charge in [0.1, 0.15) is 19.2 Å². The Morgan fingerprint density at radius 2 is 1.88 bits per heavy atom. The first-order valence-corrected chi connectivity index (χ1v) is 12.6. The predicted octanol–water partition coefficient (Wildman–Crippen LogP) is -0.894. The Hall–Kier alpha value is -1.95. The van der Waals surface area contributed by atoms with Gasteiger partial charge in [0.15, 0.2) is 18.2 Å². The molecular weight excluding hydrogens is 522 g/mol. The van der Waals surface area contributed by atoms with Crippen molar-refractivity contribution < 1.29 is 40.9 Å². The second kappa shape index (κ2) is 10.3. The van der Waals surface area contributed by atoms with Crippen LogP contribution in [0.15, 0.2) is 30.2 Å². The second-order valence-electron chi connectivity index (χ2n) is 9.65. The van der Waals surface area contributed by atoms with Crippen molar-refractivity contribution in [1.82, 2.24) is 15.0 Å². The third-order valence-corrected chi connectivity index (χ3v) is 8.67. The van der Waals surface area contributed by atoms with E-state index < -0.39 is 11.6 Å². The van der Waals surface area contributed by atoms with E-state index in [1.807, 2.05) is 17.5 Å². The third kappa shape index (κ3) is 4.89. The lowest BCUT2D eigenvalue weighted by atomic mass is 9.82. The number of quaternary nitrogens is 1. The maximum absolute atomic E-state index is 13.5. The van der Waals surface area contributed by atoms with Crippen molar-refractivity contribution in [2.24, 2.45) is 11.8 Å². The first kappa shape index (κ1) is 25.2. The van der Waals surface area contributed by atoms with Gasteiger partial charge >= 0.3 is 5.97 Å². The van der Waals surface area contributed by atoms with Crippen molar-refractivity contribution >= 4 is 29.2 Å². The summed E-state index contributed by atoms with van der Waals surface area (Å²) in [5.41, 5.74) is -1.59. The number of anilines is 1. The molecule has 3 saturated heterocycles. The first-order chi connectivity index (χ1) is 16.0. The van der Waals surface area contributed by atoms with E-state index in [2.05, 4.69) is 20.3 Å². The Labute approximate surface area is 213 Å². The summed E-state index contributed by atoms with van der Waals surface area (Å²) in [7, 11) is 0. The quantitative estimate of drug-likeness (QED) is 0.338. The molecule has 0 aromatic carbocycles. The van der Waals surface area contributed by atoms with Gasteiger partial charge in [-0.05, 0) is 24.3 Å². The van der Waals surface area contributed by atoms with Gasteiger partial charge in [0.2, 0.25) is 5.95 Å². The summed E-state index contributed by atoms with van der Waals surface area (Å²) in [6, 6.07) is 3.70. The van der Waals surface area contributed by atoms with Gasteiger partial charge in [-0.15, -0.1) is 11.3 Å². The number of amides is 1. The number of hydrogen-bond donors (Lipinski definition) is 2. The van der Waals surface area contributed by atoms with Crippen molar-refractivity contribution in [3.8, 4) is 0 Å². The molecular formula is C23H30BrN5O4S. The summed E-state index contributed by atoms with van der Waals surface area (Å²) < 4.78 is 6.66. The molecule has 0 spiro atoms. The number of esters is 1. The summed E-state index contributed by atoms with van der Waals surface area (Å²) in [5, 5.41) is 16.3. The largest absolute Gasteiger partial charge is 1.00 e. The van der Waals surface area contributed by atoms with Gasteiger partial charge in [0.05, 0.1) is 13.1 Å². The molecule has 4 aliphatic rings. The zero-order valence-electron chi connectivity index (χ0n) is 18.9. The van der Waals surface area contributed by atoms with Gasteiger partial charge in [-0.1, -0.05) is 18.9 Å². The summed E-state index contributed by atoms with van der Waals surface area (Å²) >= 11 is 1.41. The maximum atomic E-state index is 13.5. The van der Waals surface area contributed by atoms with Crippen LogP contribution in [-0.4, -0.2) is 68.7 Å². The van der Waals surface area contributed by atoms with Gasteiger partial charge in [-0.25, -0.2) is 19.7 Å². The van der Waals surface area contributed by atoms with Crippen molar-refractivity contribution in [1.29, 1.82) is 0 Å². The van der Waals surface area contributed by atoms with Gasteiger partial charge in [-0.2, -0.15) is 0 Å². The number of nitrogens with zero attached hydrogens (tertiary/aromatic N) is 4. The van der Waals surface area contributed by atoms with Crippen molar-refractivity contribution in [3.63, 3.8) is 0 Å². The molecule has 2 aromatic rings. The number of carbonyl (C=O) groups is 2. The second-order valence-corrected chi connectivity index (χ2v) is 10.6. The Morgan fingerprint density at radius 1 is 1.18 bits per heavy atom. The number of ether oxygens (including phenoxy) is 1. The average molecular weight is 552 g/mol. The summed E-state index contributed by atoms with van der Waals surface area (Å²) in [6.45, 7) is 2.62. The molecule has 3 aliphatic heterocycles. The highest BCUT2D eigenvalue weighted by molar-refractivity contribution is 7.10. The molecule has 1 saturated carbocycles. The Kier molecular flexibility index (Phi) is 7.66. The fourth-order valence-electron chi connectivity index (χ4n) is 5.88. The number of rotatable bonds is 7. The van der Waals surface area contributed by atoms with Crippen LogP contribution in [0.5, 0.6) is 0 Å². The van der Waals surface area contributed by atoms with E-state index in [4.69, 9.17) is 4.74 Å². The molecule has 0 radical (unpaired) electrons. The highest BCUT2D eigenvalue weighted by atomic mass is 79.9. The van der Waals surface area contributed by atoms with Gasteiger partial charge in [0.25, 0.3) is 5.91 Å². The van der Waals surface area contributed by atoms with Gasteiger partial charge < -0.3 is 31.3 Å². The molecule has 184 valence electrons. The minimum Gasteiger partial charge on any atom is -1.00 e. The molecule has 34 heavy (non-hydrogen) atoms. The molecule has 1 unspecified atom stereocenters. The van der Waals surface area contributed by atoms with Crippen molar-refractivity contribution in [2.45, 2.75) is 50.2 Å². The number of piperidine rings is 3. The lowest BCUT2D eigenvalue weighted by Crippen LogP contribution is -3.00. The fourth-order valence-corrected chi connectivity index (χ4v) is 6.77. The molecule has 2 bridgehead atoms. The molecule has 1 aliphatic carbocycles.